The van der Waals surface area contributed by atoms with Crippen LogP contribution in [0.4, 0.5) is 0 Å². The molecule has 2 heteroatoms. The van der Waals surface area contributed by atoms with E-state index in [-0.39, 0.29) is 0 Å². The highest BCUT2D eigenvalue weighted by Gasteiger charge is 2.32. The van der Waals surface area contributed by atoms with E-state index >= 15 is 0 Å². The van der Waals surface area contributed by atoms with Crippen molar-refractivity contribution in [3.05, 3.63) is 34.3 Å². The fourth-order valence-corrected chi connectivity index (χ4v) is 4.07. The number of nitrogens with one attached hydrogen (secondary N) is 1. The predicted molar refractivity (Wildman–Crippen MR) is 89.1 cm³/mol. The van der Waals surface area contributed by atoms with Crippen LogP contribution in [0, 0.1) is 5.92 Å². The van der Waals surface area contributed by atoms with Gasteiger partial charge in [0, 0.05) is 16.6 Å². The Morgan fingerprint density at radius 3 is 2.45 bits per heavy atom. The maximum atomic E-state index is 3.95. The minimum atomic E-state index is 0.759. The van der Waals surface area contributed by atoms with E-state index in [1.54, 1.807) is 0 Å². The van der Waals surface area contributed by atoms with Crippen molar-refractivity contribution < 1.29 is 0 Å². The highest BCUT2D eigenvalue weighted by molar-refractivity contribution is 9.10. The fourth-order valence-electron chi connectivity index (χ4n) is 3.80. The van der Waals surface area contributed by atoms with Crippen molar-refractivity contribution in [2.75, 3.05) is 0 Å². The first-order chi connectivity index (χ1) is 9.72. The second-order valence-electron chi connectivity index (χ2n) is 6.81. The molecule has 2 aliphatic rings. The topological polar surface area (TPSA) is 12.0 Å². The van der Waals surface area contributed by atoms with Crippen LogP contribution in [0.2, 0.25) is 0 Å². The molecule has 1 aromatic rings. The maximum Gasteiger partial charge on any atom is 0.0175 e. The van der Waals surface area contributed by atoms with Crippen molar-refractivity contribution in [1.29, 1.82) is 0 Å². The Balaban J connectivity index is 1.49. The van der Waals surface area contributed by atoms with Crippen molar-refractivity contribution in [2.24, 2.45) is 5.92 Å². The molecular weight excluding hydrogens is 310 g/mol. The SMILES string of the molecule is CC1CCCCCC1NC1CC(c2ccc(Br)cc2)C1. The molecule has 2 unspecified atom stereocenters. The molecule has 2 saturated carbocycles. The lowest BCUT2D eigenvalue weighted by molar-refractivity contribution is 0.229. The van der Waals surface area contributed by atoms with Gasteiger partial charge in [-0.2, -0.15) is 0 Å². The lowest BCUT2D eigenvalue weighted by Crippen LogP contribution is -2.47. The molecule has 3 rings (SSSR count). The Hall–Kier alpha value is -0.340. The van der Waals surface area contributed by atoms with Gasteiger partial charge in [-0.3, -0.25) is 0 Å². The average Bonchev–Trinajstić information content (AvgIpc) is 2.60. The average molecular weight is 336 g/mol. The van der Waals surface area contributed by atoms with Gasteiger partial charge in [0.25, 0.3) is 0 Å². The van der Waals surface area contributed by atoms with Gasteiger partial charge in [-0.25, -0.2) is 0 Å². The first-order valence-corrected chi connectivity index (χ1v) is 9.03. The van der Waals surface area contributed by atoms with Crippen LogP contribution in [0.3, 0.4) is 0 Å². The zero-order valence-electron chi connectivity index (χ0n) is 12.4. The minimum absolute atomic E-state index is 0.759. The van der Waals surface area contributed by atoms with Crippen molar-refractivity contribution in [2.45, 2.75) is 69.9 Å². The molecule has 0 aromatic heterocycles. The molecule has 0 radical (unpaired) electrons. The Kier molecular flexibility index (Phi) is 4.83. The Morgan fingerprint density at radius 2 is 1.70 bits per heavy atom. The highest BCUT2D eigenvalue weighted by Crippen LogP contribution is 2.38. The summed E-state index contributed by atoms with van der Waals surface area (Å²) in [5.41, 5.74) is 1.51. The van der Waals surface area contributed by atoms with E-state index in [2.05, 4.69) is 52.4 Å². The molecule has 2 aliphatic carbocycles. The van der Waals surface area contributed by atoms with Crippen LogP contribution in [-0.4, -0.2) is 12.1 Å². The van der Waals surface area contributed by atoms with Crippen molar-refractivity contribution >= 4 is 15.9 Å². The highest BCUT2D eigenvalue weighted by atomic mass is 79.9. The van der Waals surface area contributed by atoms with Crippen LogP contribution in [0.1, 0.15) is 63.4 Å². The summed E-state index contributed by atoms with van der Waals surface area (Å²) in [5, 5.41) is 3.95. The Morgan fingerprint density at radius 1 is 1.00 bits per heavy atom. The number of hydrogen-bond acceptors (Lipinski definition) is 1. The number of hydrogen-bond donors (Lipinski definition) is 1. The van der Waals surface area contributed by atoms with Crippen LogP contribution in [0.25, 0.3) is 0 Å². The van der Waals surface area contributed by atoms with E-state index in [0.717, 1.165) is 23.9 Å². The van der Waals surface area contributed by atoms with Gasteiger partial charge in [-0.15, -0.1) is 0 Å². The second-order valence-corrected chi connectivity index (χ2v) is 7.72. The quantitative estimate of drug-likeness (QED) is 0.743. The molecular formula is C18H26BrN. The summed E-state index contributed by atoms with van der Waals surface area (Å²) in [7, 11) is 0. The monoisotopic (exact) mass is 335 g/mol. The zero-order valence-corrected chi connectivity index (χ0v) is 14.0. The second kappa shape index (κ2) is 6.62. The summed E-state index contributed by atoms with van der Waals surface area (Å²) < 4.78 is 1.18. The normalized spacial score (nSPS) is 34.3. The third kappa shape index (κ3) is 3.46. The van der Waals surface area contributed by atoms with E-state index in [1.807, 2.05) is 0 Å². The molecule has 0 saturated heterocycles. The third-order valence-electron chi connectivity index (χ3n) is 5.29. The third-order valence-corrected chi connectivity index (χ3v) is 5.82. The van der Waals surface area contributed by atoms with Gasteiger partial charge in [0.05, 0.1) is 0 Å². The molecule has 0 spiro atoms. The summed E-state index contributed by atoms with van der Waals surface area (Å²) in [6, 6.07) is 10.4. The summed E-state index contributed by atoms with van der Waals surface area (Å²) in [6.07, 6.45) is 9.75. The lowest BCUT2D eigenvalue weighted by Gasteiger charge is -2.40. The first kappa shape index (κ1) is 14.6. The first-order valence-electron chi connectivity index (χ1n) is 8.24. The maximum absolute atomic E-state index is 3.95. The standard InChI is InChI=1S/C18H26BrN/c1-13-5-3-2-4-6-18(13)20-17-11-15(12-17)14-7-9-16(19)10-8-14/h7-10,13,15,17-18,20H,2-6,11-12H2,1H3. The van der Waals surface area contributed by atoms with E-state index in [9.17, 15) is 0 Å². The molecule has 1 N–H and O–H groups in total. The fraction of sp³-hybridized carbons (Fsp3) is 0.667. The van der Waals surface area contributed by atoms with Crippen molar-refractivity contribution in [3.8, 4) is 0 Å². The smallest absolute Gasteiger partial charge is 0.0175 e. The molecule has 0 heterocycles. The number of halogens is 1. The van der Waals surface area contributed by atoms with Crippen molar-refractivity contribution in [3.63, 3.8) is 0 Å². The van der Waals surface area contributed by atoms with Gasteiger partial charge < -0.3 is 5.32 Å². The summed E-state index contributed by atoms with van der Waals surface area (Å²) in [5.74, 6) is 1.64. The van der Waals surface area contributed by atoms with Gasteiger partial charge in [0.15, 0.2) is 0 Å². The van der Waals surface area contributed by atoms with Gasteiger partial charge in [0.2, 0.25) is 0 Å². The van der Waals surface area contributed by atoms with Crippen LogP contribution < -0.4 is 5.32 Å². The van der Waals surface area contributed by atoms with Crippen LogP contribution >= 0.6 is 15.9 Å². The van der Waals surface area contributed by atoms with Crippen molar-refractivity contribution in [1.82, 2.24) is 5.32 Å². The van der Waals surface area contributed by atoms with Gasteiger partial charge >= 0.3 is 0 Å². The van der Waals surface area contributed by atoms with Crippen LogP contribution in [0.15, 0.2) is 28.7 Å². The minimum Gasteiger partial charge on any atom is -0.311 e. The molecule has 1 nitrogen and oxygen atoms in total. The van der Waals surface area contributed by atoms with Crippen LogP contribution in [0.5, 0.6) is 0 Å². The largest absolute Gasteiger partial charge is 0.311 e. The molecule has 0 amide bonds. The van der Waals surface area contributed by atoms with Gasteiger partial charge in [-0.05, 0) is 55.2 Å². The van der Waals surface area contributed by atoms with E-state index in [0.29, 0.717) is 0 Å². The van der Waals surface area contributed by atoms with Gasteiger partial charge in [-0.1, -0.05) is 54.2 Å². The molecule has 2 fully saturated rings. The zero-order chi connectivity index (χ0) is 13.9. The van der Waals surface area contributed by atoms with Crippen LogP contribution in [-0.2, 0) is 0 Å². The summed E-state index contributed by atoms with van der Waals surface area (Å²) in [6.45, 7) is 2.44. The van der Waals surface area contributed by atoms with E-state index in [4.69, 9.17) is 0 Å². The van der Waals surface area contributed by atoms with E-state index in [1.165, 1.54) is 55.0 Å². The number of benzene rings is 1. The molecule has 1 aromatic carbocycles. The lowest BCUT2D eigenvalue weighted by atomic mass is 9.75. The number of rotatable bonds is 3. The molecule has 110 valence electrons. The van der Waals surface area contributed by atoms with E-state index < -0.39 is 0 Å². The Labute approximate surface area is 131 Å². The predicted octanol–water partition coefficient (Wildman–Crippen LogP) is 5.25. The Bertz CT molecular complexity index is 422. The van der Waals surface area contributed by atoms with Gasteiger partial charge in [0.1, 0.15) is 0 Å². The molecule has 0 bridgehead atoms. The summed E-state index contributed by atoms with van der Waals surface area (Å²) >= 11 is 3.51. The molecule has 20 heavy (non-hydrogen) atoms. The molecule has 0 aliphatic heterocycles. The summed E-state index contributed by atoms with van der Waals surface area (Å²) in [4.78, 5) is 0. The molecule has 2 atom stereocenters.